The normalized spacial score (nSPS) is 15.1. The minimum atomic E-state index is -0.187. The lowest BCUT2D eigenvalue weighted by Gasteiger charge is -2.20. The van der Waals surface area contributed by atoms with Crippen LogP contribution in [0, 0.1) is 12.7 Å². The van der Waals surface area contributed by atoms with Crippen LogP contribution in [-0.2, 0) is 13.1 Å². The molecule has 0 aliphatic heterocycles. The van der Waals surface area contributed by atoms with Crippen molar-refractivity contribution < 1.29 is 8.91 Å². The van der Waals surface area contributed by atoms with E-state index in [-0.39, 0.29) is 5.82 Å². The van der Waals surface area contributed by atoms with Crippen LogP contribution >= 0.6 is 0 Å². The van der Waals surface area contributed by atoms with Gasteiger partial charge in [-0.2, -0.15) is 0 Å². The maximum atomic E-state index is 12.9. The highest BCUT2D eigenvalue weighted by Gasteiger charge is 2.29. The Labute approximate surface area is 112 Å². The van der Waals surface area contributed by atoms with Crippen molar-refractivity contribution >= 4 is 0 Å². The predicted molar refractivity (Wildman–Crippen MR) is 69.9 cm³/mol. The summed E-state index contributed by atoms with van der Waals surface area (Å²) in [6, 6.07) is 9.31. The largest absolute Gasteiger partial charge is 0.360 e. The van der Waals surface area contributed by atoms with Gasteiger partial charge in [-0.05, 0) is 37.5 Å². The van der Waals surface area contributed by atoms with Crippen molar-refractivity contribution in [1.82, 2.24) is 10.1 Å². The molecular formula is C15H17FN2O. The molecule has 100 valence electrons. The summed E-state index contributed by atoms with van der Waals surface area (Å²) in [5.41, 5.74) is 2.04. The van der Waals surface area contributed by atoms with E-state index in [0.29, 0.717) is 6.04 Å². The van der Waals surface area contributed by atoms with Gasteiger partial charge in [-0.3, -0.25) is 4.90 Å². The number of nitrogens with zero attached hydrogens (tertiary/aromatic N) is 2. The molecule has 1 aromatic carbocycles. The van der Waals surface area contributed by atoms with Crippen molar-refractivity contribution in [3.63, 3.8) is 0 Å². The van der Waals surface area contributed by atoms with E-state index in [0.717, 1.165) is 30.1 Å². The summed E-state index contributed by atoms with van der Waals surface area (Å²) in [6.07, 6.45) is 2.46. The van der Waals surface area contributed by atoms with Crippen LogP contribution in [0.25, 0.3) is 0 Å². The van der Waals surface area contributed by atoms with E-state index in [1.807, 2.05) is 25.1 Å². The summed E-state index contributed by atoms with van der Waals surface area (Å²) in [4.78, 5) is 2.37. The van der Waals surface area contributed by atoms with E-state index >= 15 is 0 Å². The zero-order valence-corrected chi connectivity index (χ0v) is 11.0. The second-order valence-corrected chi connectivity index (χ2v) is 5.20. The Hall–Kier alpha value is -1.68. The molecule has 1 aliphatic carbocycles. The highest BCUT2D eigenvalue weighted by Crippen LogP contribution is 2.29. The van der Waals surface area contributed by atoms with Crippen LogP contribution in [0.2, 0.25) is 0 Å². The van der Waals surface area contributed by atoms with Crippen LogP contribution in [0.1, 0.15) is 29.9 Å². The first-order valence-corrected chi connectivity index (χ1v) is 6.61. The van der Waals surface area contributed by atoms with E-state index in [2.05, 4.69) is 10.1 Å². The minimum absolute atomic E-state index is 0.187. The van der Waals surface area contributed by atoms with Crippen molar-refractivity contribution in [2.45, 2.75) is 38.9 Å². The van der Waals surface area contributed by atoms with Crippen LogP contribution in [-0.4, -0.2) is 16.1 Å². The molecule has 1 fully saturated rings. The summed E-state index contributed by atoms with van der Waals surface area (Å²) in [5.74, 6) is 0.707. The average Bonchev–Trinajstić information content (AvgIpc) is 3.16. The summed E-state index contributed by atoms with van der Waals surface area (Å²) in [7, 11) is 0. The lowest BCUT2D eigenvalue weighted by Crippen LogP contribution is -2.24. The number of aryl methyl sites for hydroxylation is 1. The fraction of sp³-hybridized carbons (Fsp3) is 0.400. The molecule has 0 radical (unpaired) electrons. The quantitative estimate of drug-likeness (QED) is 0.826. The molecule has 0 bridgehead atoms. The predicted octanol–water partition coefficient (Wildman–Crippen LogP) is 3.29. The Morgan fingerprint density at radius 1 is 1.26 bits per heavy atom. The number of rotatable bonds is 5. The fourth-order valence-electron chi connectivity index (χ4n) is 2.27. The molecule has 3 rings (SSSR count). The molecule has 0 amide bonds. The molecule has 2 aromatic rings. The molecule has 0 N–H and O–H groups in total. The van der Waals surface area contributed by atoms with E-state index < -0.39 is 0 Å². The molecule has 3 nitrogen and oxygen atoms in total. The summed E-state index contributed by atoms with van der Waals surface area (Å²) in [6.45, 7) is 3.52. The third kappa shape index (κ3) is 3.20. The van der Waals surface area contributed by atoms with Crippen molar-refractivity contribution in [3.8, 4) is 0 Å². The topological polar surface area (TPSA) is 29.3 Å². The van der Waals surface area contributed by atoms with Crippen molar-refractivity contribution in [3.05, 3.63) is 53.2 Å². The summed E-state index contributed by atoms with van der Waals surface area (Å²) < 4.78 is 18.2. The minimum Gasteiger partial charge on any atom is -0.360 e. The van der Waals surface area contributed by atoms with Gasteiger partial charge in [0.25, 0.3) is 0 Å². The standard InChI is InChI=1S/C15H17FN2O/c1-11-8-15(19-17-11)10-18(14-6-7-14)9-12-2-4-13(16)5-3-12/h2-5,8,14H,6-7,9-10H2,1H3. The van der Waals surface area contributed by atoms with Gasteiger partial charge in [0, 0.05) is 18.7 Å². The van der Waals surface area contributed by atoms with Gasteiger partial charge >= 0.3 is 0 Å². The third-order valence-electron chi connectivity index (χ3n) is 3.40. The van der Waals surface area contributed by atoms with Gasteiger partial charge in [-0.25, -0.2) is 4.39 Å². The zero-order valence-electron chi connectivity index (χ0n) is 11.0. The number of halogens is 1. The molecule has 1 aliphatic rings. The summed E-state index contributed by atoms with van der Waals surface area (Å²) in [5, 5.41) is 3.92. The number of benzene rings is 1. The summed E-state index contributed by atoms with van der Waals surface area (Å²) >= 11 is 0. The van der Waals surface area contributed by atoms with Gasteiger partial charge < -0.3 is 4.52 Å². The van der Waals surface area contributed by atoms with E-state index in [9.17, 15) is 4.39 Å². The highest BCUT2D eigenvalue weighted by molar-refractivity contribution is 5.16. The Morgan fingerprint density at radius 2 is 2.00 bits per heavy atom. The van der Waals surface area contributed by atoms with E-state index in [1.165, 1.54) is 25.0 Å². The van der Waals surface area contributed by atoms with E-state index in [4.69, 9.17) is 4.52 Å². The van der Waals surface area contributed by atoms with Gasteiger partial charge in [0.15, 0.2) is 5.76 Å². The molecule has 1 saturated carbocycles. The Bertz CT molecular complexity index is 546. The molecule has 4 heteroatoms. The number of hydrogen-bond acceptors (Lipinski definition) is 3. The third-order valence-corrected chi connectivity index (χ3v) is 3.40. The number of hydrogen-bond donors (Lipinski definition) is 0. The maximum Gasteiger partial charge on any atom is 0.150 e. The Balaban J connectivity index is 1.69. The first-order chi connectivity index (χ1) is 9.20. The molecule has 0 spiro atoms. The fourth-order valence-corrected chi connectivity index (χ4v) is 2.27. The van der Waals surface area contributed by atoms with Crippen LogP contribution in [0.15, 0.2) is 34.9 Å². The van der Waals surface area contributed by atoms with Crippen molar-refractivity contribution in [1.29, 1.82) is 0 Å². The Kier molecular flexibility index (Phi) is 3.34. The van der Waals surface area contributed by atoms with Crippen LogP contribution < -0.4 is 0 Å². The first-order valence-electron chi connectivity index (χ1n) is 6.61. The van der Waals surface area contributed by atoms with Crippen LogP contribution in [0.3, 0.4) is 0 Å². The number of aromatic nitrogens is 1. The second-order valence-electron chi connectivity index (χ2n) is 5.20. The van der Waals surface area contributed by atoms with Crippen LogP contribution in [0.5, 0.6) is 0 Å². The lowest BCUT2D eigenvalue weighted by molar-refractivity contribution is 0.214. The first kappa shape index (κ1) is 12.4. The monoisotopic (exact) mass is 260 g/mol. The van der Waals surface area contributed by atoms with Gasteiger partial charge in [0.2, 0.25) is 0 Å². The highest BCUT2D eigenvalue weighted by atomic mass is 19.1. The lowest BCUT2D eigenvalue weighted by atomic mass is 10.2. The molecule has 0 unspecified atom stereocenters. The average molecular weight is 260 g/mol. The smallest absolute Gasteiger partial charge is 0.150 e. The molecule has 1 aromatic heterocycles. The zero-order chi connectivity index (χ0) is 13.2. The second kappa shape index (κ2) is 5.13. The van der Waals surface area contributed by atoms with Crippen molar-refractivity contribution in [2.24, 2.45) is 0 Å². The molecule has 19 heavy (non-hydrogen) atoms. The maximum absolute atomic E-state index is 12.9. The van der Waals surface area contributed by atoms with Crippen LogP contribution in [0.4, 0.5) is 4.39 Å². The molecular weight excluding hydrogens is 243 g/mol. The Morgan fingerprint density at radius 3 is 2.58 bits per heavy atom. The van der Waals surface area contributed by atoms with Gasteiger partial charge in [0.05, 0.1) is 12.2 Å². The molecule has 0 atom stereocenters. The SMILES string of the molecule is Cc1cc(CN(Cc2ccc(F)cc2)C2CC2)on1. The van der Waals surface area contributed by atoms with Gasteiger partial charge in [-0.15, -0.1) is 0 Å². The molecule has 1 heterocycles. The van der Waals surface area contributed by atoms with Gasteiger partial charge in [0.1, 0.15) is 5.82 Å². The van der Waals surface area contributed by atoms with E-state index in [1.54, 1.807) is 0 Å². The molecule has 0 saturated heterocycles. The van der Waals surface area contributed by atoms with Crippen molar-refractivity contribution in [2.75, 3.05) is 0 Å². The van der Waals surface area contributed by atoms with Gasteiger partial charge in [-0.1, -0.05) is 17.3 Å².